The van der Waals surface area contributed by atoms with Crippen LogP contribution < -0.4 is 0 Å². The summed E-state index contributed by atoms with van der Waals surface area (Å²) in [7, 11) is 0. The molecule has 6 heteroatoms. The normalized spacial score (nSPS) is 11.3. The van der Waals surface area contributed by atoms with Crippen molar-refractivity contribution < 1.29 is 0 Å². The molecule has 0 saturated carbocycles. The molecule has 0 unspecified atom stereocenters. The van der Waals surface area contributed by atoms with Gasteiger partial charge in [-0.1, -0.05) is 15.9 Å². The Kier molecular flexibility index (Phi) is 3.96. The Morgan fingerprint density at radius 1 is 1.00 bits per heavy atom. The van der Waals surface area contributed by atoms with E-state index in [0.717, 1.165) is 41.7 Å². The molecule has 0 fully saturated rings. The maximum Gasteiger partial charge on any atom is 0.148 e. The van der Waals surface area contributed by atoms with Crippen LogP contribution in [0, 0.1) is 20.8 Å². The molecule has 21 heavy (non-hydrogen) atoms. The number of aromatic nitrogens is 3. The molecule has 0 radical (unpaired) electrons. The maximum absolute atomic E-state index is 4.64. The van der Waals surface area contributed by atoms with Crippen LogP contribution in [0.4, 0.5) is 0 Å². The van der Waals surface area contributed by atoms with Crippen LogP contribution in [0.2, 0.25) is 0 Å². The zero-order valence-electron chi connectivity index (χ0n) is 11.7. The van der Waals surface area contributed by atoms with Gasteiger partial charge in [-0.3, -0.25) is 4.57 Å². The van der Waals surface area contributed by atoms with Crippen molar-refractivity contribution in [1.82, 2.24) is 14.5 Å². The van der Waals surface area contributed by atoms with Gasteiger partial charge in [0.1, 0.15) is 11.5 Å². The van der Waals surface area contributed by atoms with Crippen LogP contribution in [-0.2, 0) is 0 Å². The first kappa shape index (κ1) is 15.2. The van der Waals surface area contributed by atoms with Gasteiger partial charge in [-0.25, -0.2) is 9.97 Å². The average molecular weight is 474 g/mol. The highest BCUT2D eigenvalue weighted by molar-refractivity contribution is 9.11. The topological polar surface area (TPSA) is 30.7 Å². The Labute approximate surface area is 148 Å². The fraction of sp³-hybridized carbons (Fsp3) is 0.200. The summed E-state index contributed by atoms with van der Waals surface area (Å²) in [5.74, 6) is 0.769. The Morgan fingerprint density at radius 2 is 1.62 bits per heavy atom. The van der Waals surface area contributed by atoms with Crippen LogP contribution in [0.25, 0.3) is 16.7 Å². The summed E-state index contributed by atoms with van der Waals surface area (Å²) < 4.78 is 5.18. The summed E-state index contributed by atoms with van der Waals surface area (Å²) in [4.78, 5) is 8.96. The quantitative estimate of drug-likeness (QED) is 0.458. The van der Waals surface area contributed by atoms with Crippen LogP contribution in [0.5, 0.6) is 0 Å². The maximum atomic E-state index is 4.64. The highest BCUT2D eigenvalue weighted by Gasteiger charge is 2.18. The Bertz CT molecular complexity index is 845. The predicted molar refractivity (Wildman–Crippen MR) is 96.2 cm³/mol. The molecule has 0 aliphatic carbocycles. The highest BCUT2D eigenvalue weighted by atomic mass is 79.9. The van der Waals surface area contributed by atoms with Crippen LogP contribution >= 0.6 is 47.8 Å². The molecule has 0 atom stereocenters. The summed E-state index contributed by atoms with van der Waals surface area (Å²) in [6.45, 7) is 6.12. The van der Waals surface area contributed by atoms with E-state index in [0.29, 0.717) is 0 Å². The minimum atomic E-state index is 0.769. The van der Waals surface area contributed by atoms with Gasteiger partial charge in [-0.05, 0) is 70.3 Å². The number of hydrogen-bond acceptors (Lipinski definition) is 2. The SMILES string of the molecule is Cc1ncc2c(C)c(C)n(-c3c(Br)cc(Br)cc3Br)c2n1. The standard InChI is InChI=1S/C15H12Br3N3/c1-7-8(2)21(15-11(7)6-19-9(3)20-15)14-12(17)4-10(16)5-13(14)18/h4-6H,1-3H3. The summed E-state index contributed by atoms with van der Waals surface area (Å²) >= 11 is 10.8. The van der Waals surface area contributed by atoms with E-state index in [4.69, 9.17) is 0 Å². The molecule has 0 N–H and O–H groups in total. The largest absolute Gasteiger partial charge is 0.296 e. The number of nitrogens with zero attached hydrogens (tertiary/aromatic N) is 3. The van der Waals surface area contributed by atoms with Crippen LogP contribution in [0.15, 0.2) is 31.7 Å². The Hall–Kier alpha value is -0.720. The first-order chi connectivity index (χ1) is 9.90. The molecule has 0 aliphatic heterocycles. The van der Waals surface area contributed by atoms with Crippen molar-refractivity contribution in [3.8, 4) is 5.69 Å². The second-order valence-electron chi connectivity index (χ2n) is 4.92. The zero-order chi connectivity index (χ0) is 15.3. The number of aryl methyl sites for hydroxylation is 2. The van der Waals surface area contributed by atoms with Gasteiger partial charge in [0.15, 0.2) is 0 Å². The van der Waals surface area contributed by atoms with E-state index in [2.05, 4.69) is 76.2 Å². The van der Waals surface area contributed by atoms with Gasteiger partial charge < -0.3 is 0 Å². The molecular formula is C15H12Br3N3. The third-order valence-corrected chi connectivity index (χ3v) is 5.26. The Balaban J connectivity index is 2.46. The molecule has 0 saturated heterocycles. The average Bonchev–Trinajstić information content (AvgIpc) is 2.62. The van der Waals surface area contributed by atoms with Crippen LogP contribution in [-0.4, -0.2) is 14.5 Å². The van der Waals surface area contributed by atoms with Gasteiger partial charge in [-0.2, -0.15) is 0 Å². The van der Waals surface area contributed by atoms with Crippen molar-refractivity contribution in [2.75, 3.05) is 0 Å². The minimum absolute atomic E-state index is 0.769. The van der Waals surface area contributed by atoms with Crippen LogP contribution in [0.1, 0.15) is 17.1 Å². The lowest BCUT2D eigenvalue weighted by Gasteiger charge is -2.13. The summed E-state index contributed by atoms with van der Waals surface area (Å²) in [6.07, 6.45) is 1.90. The lowest BCUT2D eigenvalue weighted by Crippen LogP contribution is -2.01. The number of rotatable bonds is 1. The Morgan fingerprint density at radius 3 is 2.24 bits per heavy atom. The molecule has 0 aliphatic rings. The van der Waals surface area contributed by atoms with Crippen molar-refractivity contribution in [3.63, 3.8) is 0 Å². The molecule has 2 heterocycles. The van der Waals surface area contributed by atoms with E-state index in [1.165, 1.54) is 5.56 Å². The monoisotopic (exact) mass is 471 g/mol. The van der Waals surface area contributed by atoms with E-state index in [1.54, 1.807) is 0 Å². The van der Waals surface area contributed by atoms with Crippen molar-refractivity contribution in [2.24, 2.45) is 0 Å². The second kappa shape index (κ2) is 5.48. The van der Waals surface area contributed by atoms with Crippen molar-refractivity contribution in [2.45, 2.75) is 20.8 Å². The lowest BCUT2D eigenvalue weighted by molar-refractivity contribution is 0.984. The first-order valence-electron chi connectivity index (χ1n) is 6.36. The smallest absolute Gasteiger partial charge is 0.148 e. The molecule has 3 nitrogen and oxygen atoms in total. The number of halogens is 3. The van der Waals surface area contributed by atoms with Crippen LogP contribution in [0.3, 0.4) is 0 Å². The second-order valence-corrected chi connectivity index (χ2v) is 7.54. The van der Waals surface area contributed by atoms with Gasteiger partial charge >= 0.3 is 0 Å². The fourth-order valence-electron chi connectivity index (χ4n) is 2.44. The molecular weight excluding hydrogens is 462 g/mol. The summed E-state index contributed by atoms with van der Waals surface area (Å²) in [5.41, 5.74) is 4.34. The predicted octanol–water partition coefficient (Wildman–Crippen LogP) is 5.63. The third kappa shape index (κ3) is 2.47. The molecule has 2 aromatic heterocycles. The third-order valence-electron chi connectivity index (χ3n) is 3.59. The van der Waals surface area contributed by atoms with E-state index >= 15 is 0 Å². The van der Waals surface area contributed by atoms with Gasteiger partial charge in [0.2, 0.25) is 0 Å². The van der Waals surface area contributed by atoms with Gasteiger partial charge in [0.05, 0.1) is 5.69 Å². The first-order valence-corrected chi connectivity index (χ1v) is 8.74. The number of fused-ring (bicyclic) bond motifs is 1. The molecule has 3 rings (SSSR count). The number of benzene rings is 1. The van der Waals surface area contributed by atoms with Gasteiger partial charge in [0.25, 0.3) is 0 Å². The molecule has 1 aromatic carbocycles. The summed E-state index contributed by atoms with van der Waals surface area (Å²) in [5, 5.41) is 1.08. The molecule has 0 spiro atoms. The van der Waals surface area contributed by atoms with Crippen molar-refractivity contribution in [3.05, 3.63) is 48.8 Å². The minimum Gasteiger partial charge on any atom is -0.296 e. The van der Waals surface area contributed by atoms with Gasteiger partial charge in [-0.15, -0.1) is 0 Å². The lowest BCUT2D eigenvalue weighted by atomic mass is 10.2. The van der Waals surface area contributed by atoms with Crippen molar-refractivity contribution >= 4 is 58.8 Å². The van der Waals surface area contributed by atoms with E-state index in [-0.39, 0.29) is 0 Å². The van der Waals surface area contributed by atoms with Crippen molar-refractivity contribution in [1.29, 1.82) is 0 Å². The number of hydrogen-bond donors (Lipinski definition) is 0. The van der Waals surface area contributed by atoms with E-state index < -0.39 is 0 Å². The van der Waals surface area contributed by atoms with Gasteiger partial charge in [0, 0.05) is 30.7 Å². The van der Waals surface area contributed by atoms with E-state index in [1.807, 2.05) is 25.3 Å². The molecule has 3 aromatic rings. The zero-order valence-corrected chi connectivity index (χ0v) is 16.5. The fourth-order valence-corrected chi connectivity index (χ4v) is 5.05. The molecule has 0 amide bonds. The highest BCUT2D eigenvalue weighted by Crippen LogP contribution is 2.37. The van der Waals surface area contributed by atoms with E-state index in [9.17, 15) is 0 Å². The summed E-state index contributed by atoms with van der Waals surface area (Å²) in [6, 6.07) is 4.07. The molecule has 0 bridgehead atoms. The molecule has 108 valence electrons.